The van der Waals surface area contributed by atoms with E-state index in [9.17, 15) is 8.42 Å². The van der Waals surface area contributed by atoms with Crippen LogP contribution in [-0.4, -0.2) is 19.8 Å². The van der Waals surface area contributed by atoms with Crippen LogP contribution in [0.15, 0.2) is 53.4 Å². The lowest BCUT2D eigenvalue weighted by Gasteiger charge is -2.25. The molecule has 2 aromatic rings. The summed E-state index contributed by atoms with van der Waals surface area (Å²) in [7, 11) is -1.95. The van der Waals surface area contributed by atoms with E-state index in [2.05, 4.69) is 0 Å². The number of aryl methyl sites for hydroxylation is 1. The van der Waals surface area contributed by atoms with Crippen LogP contribution in [0, 0.1) is 6.92 Å². The van der Waals surface area contributed by atoms with Crippen molar-refractivity contribution in [3.63, 3.8) is 0 Å². The van der Waals surface area contributed by atoms with Crippen LogP contribution < -0.4 is 5.73 Å². The Hall–Kier alpha value is -1.85. The summed E-state index contributed by atoms with van der Waals surface area (Å²) in [5.41, 5.74) is 8.06. The van der Waals surface area contributed by atoms with Crippen LogP contribution >= 0.6 is 0 Å². The minimum absolute atomic E-state index is 0.242. The molecule has 1 unspecified atom stereocenters. The van der Waals surface area contributed by atoms with Gasteiger partial charge in [-0.15, -0.1) is 0 Å². The summed E-state index contributed by atoms with van der Waals surface area (Å²) >= 11 is 0. The molecule has 0 fully saturated rings. The first-order valence-corrected chi connectivity index (χ1v) is 8.17. The van der Waals surface area contributed by atoms with Gasteiger partial charge in [0.25, 0.3) is 0 Å². The van der Waals surface area contributed by atoms with Gasteiger partial charge in [-0.3, -0.25) is 0 Å². The number of benzene rings is 2. The third-order valence-electron chi connectivity index (χ3n) is 3.75. The van der Waals surface area contributed by atoms with Crippen LogP contribution in [0.4, 0.5) is 5.69 Å². The van der Waals surface area contributed by atoms with Crippen molar-refractivity contribution in [1.29, 1.82) is 0 Å². The summed E-state index contributed by atoms with van der Waals surface area (Å²) in [6.07, 6.45) is 0. The van der Waals surface area contributed by atoms with Gasteiger partial charge in [-0.2, -0.15) is 4.31 Å². The van der Waals surface area contributed by atoms with Gasteiger partial charge in [0.05, 0.1) is 4.90 Å². The molecule has 0 aliphatic rings. The molecule has 0 saturated carbocycles. The molecule has 0 aliphatic carbocycles. The smallest absolute Gasteiger partial charge is 0.243 e. The van der Waals surface area contributed by atoms with E-state index >= 15 is 0 Å². The highest BCUT2D eigenvalue weighted by Gasteiger charge is 2.26. The number of hydrogen-bond donors (Lipinski definition) is 1. The monoisotopic (exact) mass is 304 g/mol. The van der Waals surface area contributed by atoms with E-state index in [1.807, 2.05) is 37.3 Å². The molecule has 4 nitrogen and oxygen atoms in total. The lowest BCUT2D eigenvalue weighted by molar-refractivity contribution is 0.398. The molecule has 0 amide bonds. The van der Waals surface area contributed by atoms with Gasteiger partial charge in [0, 0.05) is 18.8 Å². The standard InChI is InChI=1S/C16H20N2O2S/c1-12-11-15(9-10-16(12)17)21(19,20)18(3)13(2)14-7-5-4-6-8-14/h4-11,13H,17H2,1-3H3. The van der Waals surface area contributed by atoms with Crippen molar-refractivity contribution in [3.8, 4) is 0 Å². The van der Waals surface area contributed by atoms with Crippen molar-refractivity contribution in [2.75, 3.05) is 12.8 Å². The molecule has 0 aromatic heterocycles. The maximum atomic E-state index is 12.7. The molecule has 0 bridgehead atoms. The Morgan fingerprint density at radius 3 is 2.29 bits per heavy atom. The van der Waals surface area contributed by atoms with Crippen molar-refractivity contribution >= 4 is 15.7 Å². The van der Waals surface area contributed by atoms with Gasteiger partial charge in [0.2, 0.25) is 10.0 Å². The predicted octanol–water partition coefficient (Wildman–Crippen LogP) is 2.96. The molecule has 0 radical (unpaired) electrons. The predicted molar refractivity (Wildman–Crippen MR) is 85.4 cm³/mol. The minimum atomic E-state index is -3.55. The maximum absolute atomic E-state index is 12.7. The molecule has 0 spiro atoms. The SMILES string of the molecule is Cc1cc(S(=O)(=O)N(C)C(C)c2ccccc2)ccc1N. The molecule has 0 heterocycles. The fourth-order valence-electron chi connectivity index (χ4n) is 2.12. The van der Waals surface area contributed by atoms with E-state index in [0.717, 1.165) is 11.1 Å². The maximum Gasteiger partial charge on any atom is 0.243 e. The highest BCUT2D eigenvalue weighted by Crippen LogP contribution is 2.26. The summed E-state index contributed by atoms with van der Waals surface area (Å²) in [6, 6.07) is 14.1. The average molecular weight is 304 g/mol. The summed E-state index contributed by atoms with van der Waals surface area (Å²) < 4.78 is 26.8. The molecule has 0 aliphatic heterocycles. The summed E-state index contributed by atoms with van der Waals surface area (Å²) in [6.45, 7) is 3.67. The zero-order valence-corrected chi connectivity index (χ0v) is 13.3. The van der Waals surface area contributed by atoms with E-state index < -0.39 is 10.0 Å². The number of sulfonamides is 1. The molecule has 0 saturated heterocycles. The number of nitrogen functional groups attached to an aromatic ring is 1. The van der Waals surface area contributed by atoms with Crippen LogP contribution in [0.25, 0.3) is 0 Å². The fourth-order valence-corrected chi connectivity index (χ4v) is 3.56. The zero-order valence-electron chi connectivity index (χ0n) is 12.4. The molecule has 2 rings (SSSR count). The first-order chi connectivity index (χ1) is 9.84. The summed E-state index contributed by atoms with van der Waals surface area (Å²) in [5, 5.41) is 0. The topological polar surface area (TPSA) is 63.4 Å². The summed E-state index contributed by atoms with van der Waals surface area (Å²) in [5.74, 6) is 0. The number of hydrogen-bond acceptors (Lipinski definition) is 3. The average Bonchev–Trinajstić information content (AvgIpc) is 2.49. The highest BCUT2D eigenvalue weighted by molar-refractivity contribution is 7.89. The largest absolute Gasteiger partial charge is 0.399 e. The Morgan fingerprint density at radius 1 is 1.10 bits per heavy atom. The first kappa shape index (κ1) is 15.5. The molecular formula is C16H20N2O2S. The Kier molecular flexibility index (Phi) is 4.34. The van der Waals surface area contributed by atoms with Crippen molar-refractivity contribution in [1.82, 2.24) is 4.31 Å². The van der Waals surface area contributed by atoms with E-state index in [4.69, 9.17) is 5.73 Å². The molecular weight excluding hydrogens is 284 g/mol. The number of nitrogens with two attached hydrogens (primary N) is 1. The minimum Gasteiger partial charge on any atom is -0.399 e. The summed E-state index contributed by atoms with van der Waals surface area (Å²) in [4.78, 5) is 0.263. The highest BCUT2D eigenvalue weighted by atomic mass is 32.2. The van der Waals surface area contributed by atoms with Gasteiger partial charge < -0.3 is 5.73 Å². The van der Waals surface area contributed by atoms with Gasteiger partial charge in [-0.05, 0) is 43.2 Å². The number of rotatable bonds is 4. The Morgan fingerprint density at radius 2 is 1.71 bits per heavy atom. The van der Waals surface area contributed by atoms with E-state index in [1.54, 1.807) is 32.2 Å². The number of anilines is 1. The van der Waals surface area contributed by atoms with Crippen LogP contribution in [0.1, 0.15) is 24.1 Å². The Bertz CT molecular complexity index is 727. The third-order valence-corrected chi connectivity index (χ3v) is 5.67. The fraction of sp³-hybridized carbons (Fsp3) is 0.250. The van der Waals surface area contributed by atoms with E-state index in [0.29, 0.717) is 5.69 Å². The number of nitrogens with zero attached hydrogens (tertiary/aromatic N) is 1. The first-order valence-electron chi connectivity index (χ1n) is 6.73. The van der Waals surface area contributed by atoms with E-state index in [-0.39, 0.29) is 10.9 Å². The normalized spacial score (nSPS) is 13.3. The van der Waals surface area contributed by atoms with Crippen LogP contribution in [-0.2, 0) is 10.0 Å². The van der Waals surface area contributed by atoms with Crippen LogP contribution in [0.3, 0.4) is 0 Å². The Labute approximate surface area is 126 Å². The van der Waals surface area contributed by atoms with Crippen molar-refractivity contribution in [2.45, 2.75) is 24.8 Å². The van der Waals surface area contributed by atoms with Gasteiger partial charge in [0.15, 0.2) is 0 Å². The van der Waals surface area contributed by atoms with E-state index in [1.165, 1.54) is 4.31 Å². The van der Waals surface area contributed by atoms with Crippen LogP contribution in [0.2, 0.25) is 0 Å². The second kappa shape index (κ2) is 5.87. The molecule has 2 aromatic carbocycles. The van der Waals surface area contributed by atoms with Gasteiger partial charge in [-0.1, -0.05) is 30.3 Å². The van der Waals surface area contributed by atoms with Gasteiger partial charge in [0.1, 0.15) is 0 Å². The van der Waals surface area contributed by atoms with Crippen LogP contribution in [0.5, 0.6) is 0 Å². The molecule has 21 heavy (non-hydrogen) atoms. The lowest BCUT2D eigenvalue weighted by Crippen LogP contribution is -2.29. The Balaban J connectivity index is 2.36. The van der Waals surface area contributed by atoms with Crippen molar-refractivity contribution in [2.24, 2.45) is 0 Å². The van der Waals surface area contributed by atoms with Crippen molar-refractivity contribution in [3.05, 3.63) is 59.7 Å². The van der Waals surface area contributed by atoms with Gasteiger partial charge in [-0.25, -0.2) is 8.42 Å². The third kappa shape index (κ3) is 3.09. The second-order valence-corrected chi connectivity index (χ2v) is 7.12. The van der Waals surface area contributed by atoms with Gasteiger partial charge >= 0.3 is 0 Å². The quantitative estimate of drug-likeness (QED) is 0.883. The molecule has 5 heteroatoms. The molecule has 112 valence electrons. The molecule has 2 N–H and O–H groups in total. The zero-order chi connectivity index (χ0) is 15.6. The second-order valence-electron chi connectivity index (χ2n) is 5.13. The molecule has 1 atom stereocenters. The lowest BCUT2D eigenvalue weighted by atomic mass is 10.1. The van der Waals surface area contributed by atoms with Crippen molar-refractivity contribution < 1.29 is 8.42 Å².